The zero-order chi connectivity index (χ0) is 7.84. The Bertz CT molecular complexity index is 444. The zero-order valence-electron chi connectivity index (χ0n) is 5.41. The van der Waals surface area contributed by atoms with E-state index < -0.39 is 0 Å². The molecule has 0 aliphatic rings. The zero-order valence-corrected chi connectivity index (χ0v) is 7.00. The number of hydrogen-bond acceptors (Lipinski definition) is 2. The Morgan fingerprint density at radius 1 is 1.64 bits per heavy atom. The average Bonchev–Trinajstić information content (AvgIpc) is 2.31. The van der Waals surface area contributed by atoms with Crippen LogP contribution in [0.3, 0.4) is 0 Å². The van der Waals surface area contributed by atoms with Crippen molar-refractivity contribution in [2.75, 3.05) is 0 Å². The molecular formula is C6H4BrN3O. The molecule has 0 fully saturated rings. The third-order valence-electron chi connectivity index (χ3n) is 1.39. The van der Waals surface area contributed by atoms with E-state index in [9.17, 15) is 4.79 Å². The maximum atomic E-state index is 11.0. The smallest absolute Gasteiger partial charge is 0.266 e. The molecule has 0 bridgehead atoms. The van der Waals surface area contributed by atoms with Crippen LogP contribution >= 0.6 is 15.9 Å². The summed E-state index contributed by atoms with van der Waals surface area (Å²) in [5, 5.41) is 5.97. The van der Waals surface area contributed by atoms with Gasteiger partial charge in [0, 0.05) is 10.7 Å². The Labute approximate surface area is 70.0 Å². The fraction of sp³-hybridized carbons (Fsp3) is 0. The van der Waals surface area contributed by atoms with E-state index in [1.807, 2.05) is 6.07 Å². The second-order valence-corrected chi connectivity index (χ2v) is 3.04. The number of nitrogens with one attached hydrogen (secondary N) is 1. The van der Waals surface area contributed by atoms with Crippen molar-refractivity contribution in [1.82, 2.24) is 14.6 Å². The van der Waals surface area contributed by atoms with Crippen molar-refractivity contribution >= 4 is 21.4 Å². The van der Waals surface area contributed by atoms with Crippen LogP contribution in [-0.2, 0) is 0 Å². The summed E-state index contributed by atoms with van der Waals surface area (Å²) >= 11 is 3.26. The number of H-pyrrole nitrogens is 1. The van der Waals surface area contributed by atoms with Crippen LogP contribution in [0.2, 0.25) is 0 Å². The number of aromatic nitrogens is 3. The first-order valence-corrected chi connectivity index (χ1v) is 3.78. The van der Waals surface area contributed by atoms with E-state index in [2.05, 4.69) is 26.1 Å². The topological polar surface area (TPSA) is 50.2 Å². The lowest BCUT2D eigenvalue weighted by atomic mass is 10.5. The van der Waals surface area contributed by atoms with E-state index in [-0.39, 0.29) is 5.69 Å². The van der Waals surface area contributed by atoms with Crippen molar-refractivity contribution in [1.29, 1.82) is 0 Å². The van der Waals surface area contributed by atoms with Crippen LogP contribution in [0.15, 0.2) is 27.7 Å². The Balaban J connectivity index is 3.02. The van der Waals surface area contributed by atoms with Gasteiger partial charge in [-0.05, 0) is 22.0 Å². The molecule has 4 nitrogen and oxygen atoms in total. The van der Waals surface area contributed by atoms with Crippen molar-refractivity contribution < 1.29 is 0 Å². The number of fused-ring (bicyclic) bond motifs is 1. The number of nitrogens with zero attached hydrogens (tertiary/aromatic N) is 2. The molecule has 2 aromatic rings. The van der Waals surface area contributed by atoms with Gasteiger partial charge in [-0.2, -0.15) is 5.10 Å². The van der Waals surface area contributed by atoms with E-state index in [1.165, 1.54) is 4.40 Å². The normalized spacial score (nSPS) is 10.6. The molecule has 0 radical (unpaired) electrons. The highest BCUT2D eigenvalue weighted by atomic mass is 79.9. The van der Waals surface area contributed by atoms with Crippen LogP contribution in [0, 0.1) is 0 Å². The first-order chi connectivity index (χ1) is 5.27. The molecule has 2 heterocycles. The maximum Gasteiger partial charge on any atom is 0.346 e. The third-order valence-corrected chi connectivity index (χ3v) is 1.83. The molecule has 0 unspecified atom stereocenters. The molecule has 0 aromatic carbocycles. The van der Waals surface area contributed by atoms with Gasteiger partial charge in [0.05, 0.1) is 11.7 Å². The van der Waals surface area contributed by atoms with Gasteiger partial charge in [0.25, 0.3) is 0 Å². The average molecular weight is 214 g/mol. The Morgan fingerprint density at radius 2 is 2.45 bits per heavy atom. The lowest BCUT2D eigenvalue weighted by molar-refractivity contribution is 0.889. The van der Waals surface area contributed by atoms with Crippen LogP contribution in [-0.4, -0.2) is 14.6 Å². The summed E-state index contributed by atoms with van der Waals surface area (Å²) in [6.45, 7) is 0. The second-order valence-electron chi connectivity index (χ2n) is 2.13. The van der Waals surface area contributed by atoms with Crippen LogP contribution in [0.5, 0.6) is 0 Å². The van der Waals surface area contributed by atoms with Crippen molar-refractivity contribution in [3.05, 3.63) is 33.4 Å². The van der Waals surface area contributed by atoms with Crippen molar-refractivity contribution in [3.8, 4) is 0 Å². The molecule has 2 aromatic heterocycles. The highest BCUT2D eigenvalue weighted by Crippen LogP contribution is 2.11. The monoisotopic (exact) mass is 213 g/mol. The van der Waals surface area contributed by atoms with E-state index >= 15 is 0 Å². The summed E-state index contributed by atoms with van der Waals surface area (Å²) in [6, 6.07) is 1.82. The molecule has 0 saturated heterocycles. The molecule has 0 spiro atoms. The standard InChI is InChI=1S/C6H4BrN3O/c7-4-1-5-2-8-9-6(11)10(5)3-4/h1-3H,(H,9,11). The van der Waals surface area contributed by atoms with Gasteiger partial charge in [0.15, 0.2) is 0 Å². The minimum atomic E-state index is -0.229. The molecule has 56 valence electrons. The van der Waals surface area contributed by atoms with Crippen molar-refractivity contribution in [2.24, 2.45) is 0 Å². The molecule has 11 heavy (non-hydrogen) atoms. The summed E-state index contributed by atoms with van der Waals surface area (Å²) in [7, 11) is 0. The molecule has 2 rings (SSSR count). The van der Waals surface area contributed by atoms with Crippen molar-refractivity contribution in [3.63, 3.8) is 0 Å². The maximum absolute atomic E-state index is 11.0. The molecular weight excluding hydrogens is 210 g/mol. The fourth-order valence-electron chi connectivity index (χ4n) is 0.929. The first-order valence-electron chi connectivity index (χ1n) is 2.99. The van der Waals surface area contributed by atoms with Crippen LogP contribution < -0.4 is 5.69 Å². The highest BCUT2D eigenvalue weighted by molar-refractivity contribution is 9.10. The molecule has 0 atom stereocenters. The molecule has 0 aliphatic carbocycles. The molecule has 0 aliphatic heterocycles. The quantitative estimate of drug-likeness (QED) is 0.704. The largest absolute Gasteiger partial charge is 0.346 e. The second kappa shape index (κ2) is 2.20. The third kappa shape index (κ3) is 0.970. The predicted molar refractivity (Wildman–Crippen MR) is 43.5 cm³/mol. The van der Waals surface area contributed by atoms with E-state index in [1.54, 1.807) is 12.4 Å². The Morgan fingerprint density at radius 3 is 3.18 bits per heavy atom. The summed E-state index contributed by atoms with van der Waals surface area (Å²) in [6.07, 6.45) is 3.28. The predicted octanol–water partition coefficient (Wildman–Crippen LogP) is 0.785. The first kappa shape index (κ1) is 6.60. The van der Waals surface area contributed by atoms with Crippen LogP contribution in [0.25, 0.3) is 5.52 Å². The van der Waals surface area contributed by atoms with Gasteiger partial charge in [0.1, 0.15) is 0 Å². The molecule has 0 saturated carbocycles. The number of rotatable bonds is 0. The van der Waals surface area contributed by atoms with Gasteiger partial charge in [0.2, 0.25) is 0 Å². The Kier molecular flexibility index (Phi) is 1.32. The van der Waals surface area contributed by atoms with Crippen LogP contribution in [0.4, 0.5) is 0 Å². The lowest BCUT2D eigenvalue weighted by Crippen LogP contribution is -2.15. The van der Waals surface area contributed by atoms with Crippen LogP contribution in [0.1, 0.15) is 0 Å². The van der Waals surface area contributed by atoms with Gasteiger partial charge in [-0.3, -0.25) is 4.40 Å². The van der Waals surface area contributed by atoms with Gasteiger partial charge >= 0.3 is 5.69 Å². The molecule has 0 amide bonds. The van der Waals surface area contributed by atoms with Crippen molar-refractivity contribution in [2.45, 2.75) is 0 Å². The number of aromatic amines is 1. The summed E-state index contributed by atoms with van der Waals surface area (Å²) < 4.78 is 2.35. The summed E-state index contributed by atoms with van der Waals surface area (Å²) in [5.74, 6) is 0. The molecule has 1 N–H and O–H groups in total. The van der Waals surface area contributed by atoms with E-state index in [0.29, 0.717) is 0 Å². The summed E-state index contributed by atoms with van der Waals surface area (Å²) in [5.41, 5.74) is 0.550. The fourth-order valence-corrected chi connectivity index (χ4v) is 1.37. The minimum absolute atomic E-state index is 0.229. The number of hydrogen-bond donors (Lipinski definition) is 1. The van der Waals surface area contributed by atoms with Gasteiger partial charge in [-0.25, -0.2) is 9.89 Å². The highest BCUT2D eigenvalue weighted by Gasteiger charge is 1.97. The Hall–Kier alpha value is -1.10. The van der Waals surface area contributed by atoms with E-state index in [4.69, 9.17) is 0 Å². The molecule has 5 heteroatoms. The lowest BCUT2D eigenvalue weighted by Gasteiger charge is -1.87. The number of halogens is 1. The minimum Gasteiger partial charge on any atom is -0.266 e. The van der Waals surface area contributed by atoms with E-state index in [0.717, 1.165) is 9.99 Å². The SMILES string of the molecule is O=c1[nH]ncc2cc(Br)cn12. The summed E-state index contributed by atoms with van der Waals surface area (Å²) in [4.78, 5) is 11.0. The van der Waals surface area contributed by atoms with Gasteiger partial charge < -0.3 is 0 Å². The van der Waals surface area contributed by atoms with Gasteiger partial charge in [-0.15, -0.1) is 0 Å². The van der Waals surface area contributed by atoms with Gasteiger partial charge in [-0.1, -0.05) is 0 Å².